The second kappa shape index (κ2) is 9.68. The van der Waals surface area contributed by atoms with Crippen molar-refractivity contribution in [2.24, 2.45) is 18.9 Å². The van der Waals surface area contributed by atoms with E-state index in [1.807, 2.05) is 19.2 Å². The number of aryl methyl sites for hydroxylation is 1. The summed E-state index contributed by atoms with van der Waals surface area (Å²) in [5.41, 5.74) is 10.2. The number of fused-ring (bicyclic) bond motifs is 1. The standard InChI is InChI=1S/C29H37N7OS/c1-18-6-5-7-35(14-18)15-20-8-22-23(24(9-20)38-4)16-36(27(22)37)26-11-21(10-25(30)32-26)29(12-19(2)13-29)28-31-17-34(3)33-28/h8-11,17-19H,5-7,12-16H2,1-4H3,(H2,30,32)/t18-,19?,29?/m0/s1. The minimum atomic E-state index is -0.300. The number of aromatic nitrogens is 4. The van der Waals surface area contributed by atoms with Crippen molar-refractivity contribution in [1.82, 2.24) is 24.6 Å². The van der Waals surface area contributed by atoms with Crippen molar-refractivity contribution in [3.05, 3.63) is 58.7 Å². The SMILES string of the molecule is CSc1cc(CN2CCC[C@H](C)C2)cc2c1CN(c1cc(C3(c4ncn(C)n4)CC(C)C3)cc(N)n1)C2=O. The molecule has 6 rings (SSSR count). The number of anilines is 2. The molecule has 2 N–H and O–H groups in total. The van der Waals surface area contributed by atoms with Gasteiger partial charge in [0.2, 0.25) is 0 Å². The molecule has 1 aliphatic carbocycles. The van der Waals surface area contributed by atoms with Crippen LogP contribution >= 0.6 is 11.8 Å². The maximum Gasteiger partial charge on any atom is 0.260 e. The second-order valence-electron chi connectivity index (χ2n) is 11.7. The molecule has 200 valence electrons. The molecule has 0 unspecified atom stereocenters. The predicted molar refractivity (Wildman–Crippen MR) is 151 cm³/mol. The molecule has 0 bridgehead atoms. The summed E-state index contributed by atoms with van der Waals surface area (Å²) in [6.07, 6.45) is 8.28. The van der Waals surface area contributed by atoms with Gasteiger partial charge in [-0.25, -0.2) is 9.97 Å². The summed E-state index contributed by atoms with van der Waals surface area (Å²) in [4.78, 5) is 28.6. The number of piperidine rings is 1. The number of benzene rings is 1. The summed E-state index contributed by atoms with van der Waals surface area (Å²) in [6, 6.07) is 8.35. The van der Waals surface area contributed by atoms with Crippen LogP contribution in [0, 0.1) is 11.8 Å². The number of nitrogens with two attached hydrogens (primary N) is 1. The zero-order chi connectivity index (χ0) is 26.6. The number of likely N-dealkylation sites (tertiary alicyclic amines) is 1. The lowest BCUT2D eigenvalue weighted by Gasteiger charge is -2.45. The van der Waals surface area contributed by atoms with Crippen molar-refractivity contribution in [1.29, 1.82) is 0 Å². The molecular weight excluding hydrogens is 494 g/mol. The highest BCUT2D eigenvalue weighted by atomic mass is 32.2. The van der Waals surface area contributed by atoms with E-state index >= 15 is 0 Å². The van der Waals surface area contributed by atoms with Crippen LogP contribution in [0.3, 0.4) is 0 Å². The Balaban J connectivity index is 1.33. The lowest BCUT2D eigenvalue weighted by atomic mass is 9.59. The van der Waals surface area contributed by atoms with Crippen LogP contribution < -0.4 is 10.6 Å². The van der Waals surface area contributed by atoms with E-state index in [2.05, 4.69) is 52.2 Å². The molecule has 2 fully saturated rings. The zero-order valence-electron chi connectivity index (χ0n) is 22.8. The fourth-order valence-electron chi connectivity index (χ4n) is 6.77. The van der Waals surface area contributed by atoms with Gasteiger partial charge >= 0.3 is 0 Å². The molecule has 0 radical (unpaired) electrons. The van der Waals surface area contributed by atoms with Crippen molar-refractivity contribution < 1.29 is 4.79 Å². The van der Waals surface area contributed by atoms with E-state index in [-0.39, 0.29) is 11.3 Å². The molecule has 1 saturated carbocycles. The molecule has 4 heterocycles. The van der Waals surface area contributed by atoms with Gasteiger partial charge < -0.3 is 5.73 Å². The Morgan fingerprint density at radius 1 is 1.16 bits per heavy atom. The molecule has 2 aromatic heterocycles. The van der Waals surface area contributed by atoms with E-state index in [0.29, 0.717) is 24.1 Å². The Morgan fingerprint density at radius 3 is 2.66 bits per heavy atom. The van der Waals surface area contributed by atoms with E-state index in [9.17, 15) is 4.79 Å². The number of pyridine rings is 1. The van der Waals surface area contributed by atoms with Crippen molar-refractivity contribution in [3.8, 4) is 0 Å². The molecule has 9 heteroatoms. The van der Waals surface area contributed by atoms with E-state index < -0.39 is 0 Å². The maximum absolute atomic E-state index is 13.8. The second-order valence-corrected chi connectivity index (χ2v) is 12.5. The summed E-state index contributed by atoms with van der Waals surface area (Å²) in [6.45, 7) is 8.21. The number of hydrogen-bond donors (Lipinski definition) is 1. The summed E-state index contributed by atoms with van der Waals surface area (Å²) >= 11 is 1.71. The van der Waals surface area contributed by atoms with Crippen LogP contribution in [-0.4, -0.2) is 49.9 Å². The van der Waals surface area contributed by atoms with Crippen molar-refractivity contribution in [2.75, 3.05) is 30.0 Å². The highest BCUT2D eigenvalue weighted by molar-refractivity contribution is 7.98. The third-order valence-electron chi connectivity index (χ3n) is 8.51. The molecular formula is C29H37N7OS. The lowest BCUT2D eigenvalue weighted by molar-refractivity contribution is 0.0995. The Labute approximate surface area is 229 Å². The third kappa shape index (κ3) is 4.39. The number of nitrogen functional groups attached to an aromatic ring is 1. The van der Waals surface area contributed by atoms with Gasteiger partial charge in [0.15, 0.2) is 5.82 Å². The quantitative estimate of drug-likeness (QED) is 0.464. The van der Waals surface area contributed by atoms with Gasteiger partial charge in [-0.1, -0.05) is 13.8 Å². The maximum atomic E-state index is 13.8. The fraction of sp³-hybridized carbons (Fsp3) is 0.517. The van der Waals surface area contributed by atoms with Gasteiger partial charge in [-0.15, -0.1) is 11.8 Å². The van der Waals surface area contributed by atoms with Crippen LogP contribution in [0.1, 0.15) is 72.4 Å². The number of carbonyl (C=O) groups excluding carboxylic acids is 1. The average Bonchev–Trinajstić information content (AvgIpc) is 3.44. The third-order valence-corrected chi connectivity index (χ3v) is 9.31. The van der Waals surface area contributed by atoms with Crippen LogP contribution in [0.25, 0.3) is 0 Å². The van der Waals surface area contributed by atoms with Crippen LogP contribution in [-0.2, 0) is 25.6 Å². The topological polar surface area (TPSA) is 93.2 Å². The van der Waals surface area contributed by atoms with Crippen LogP contribution in [0.15, 0.2) is 35.5 Å². The number of carbonyl (C=O) groups is 1. The van der Waals surface area contributed by atoms with Crippen LogP contribution in [0.5, 0.6) is 0 Å². The normalized spacial score (nSPS) is 25.5. The van der Waals surface area contributed by atoms with E-state index in [4.69, 9.17) is 5.73 Å². The minimum absolute atomic E-state index is 0.000186. The molecule has 2 aliphatic heterocycles. The van der Waals surface area contributed by atoms with Gasteiger partial charge in [-0.05, 0) is 91.3 Å². The van der Waals surface area contributed by atoms with E-state index in [1.165, 1.54) is 23.3 Å². The molecule has 1 atom stereocenters. The predicted octanol–water partition coefficient (Wildman–Crippen LogP) is 4.62. The number of nitrogens with zero attached hydrogens (tertiary/aromatic N) is 6. The van der Waals surface area contributed by atoms with Crippen LogP contribution in [0.2, 0.25) is 0 Å². The van der Waals surface area contributed by atoms with Gasteiger partial charge in [0.05, 0.1) is 12.0 Å². The Kier molecular flexibility index (Phi) is 6.46. The average molecular weight is 532 g/mol. The van der Waals surface area contributed by atoms with Gasteiger partial charge in [0.1, 0.15) is 18.0 Å². The molecule has 8 nitrogen and oxygen atoms in total. The first-order valence-electron chi connectivity index (χ1n) is 13.6. The Hall–Kier alpha value is -2.91. The highest BCUT2D eigenvalue weighted by Crippen LogP contribution is 2.52. The summed E-state index contributed by atoms with van der Waals surface area (Å²) in [7, 11) is 1.89. The van der Waals surface area contributed by atoms with Gasteiger partial charge in [-0.3, -0.25) is 19.3 Å². The summed E-state index contributed by atoms with van der Waals surface area (Å²) in [5.74, 6) is 3.13. The summed E-state index contributed by atoms with van der Waals surface area (Å²) < 4.78 is 1.75. The number of thioether (sulfide) groups is 1. The first-order chi connectivity index (χ1) is 18.3. The molecule has 1 saturated heterocycles. The van der Waals surface area contributed by atoms with Crippen LogP contribution in [0.4, 0.5) is 11.6 Å². The largest absolute Gasteiger partial charge is 0.384 e. The molecule has 0 spiro atoms. The van der Waals surface area contributed by atoms with Gasteiger partial charge in [-0.2, -0.15) is 5.10 Å². The lowest BCUT2D eigenvalue weighted by Crippen LogP contribution is -2.42. The number of amides is 1. The highest BCUT2D eigenvalue weighted by Gasteiger charge is 2.48. The zero-order valence-corrected chi connectivity index (χ0v) is 23.6. The minimum Gasteiger partial charge on any atom is -0.384 e. The molecule has 3 aliphatic rings. The smallest absolute Gasteiger partial charge is 0.260 e. The van der Waals surface area contributed by atoms with Gasteiger partial charge in [0, 0.05) is 30.6 Å². The Bertz CT molecular complexity index is 1380. The first kappa shape index (κ1) is 25.4. The van der Waals surface area contributed by atoms with E-state index in [1.54, 1.807) is 27.7 Å². The molecule has 1 aromatic carbocycles. The van der Waals surface area contributed by atoms with Crippen molar-refractivity contribution >= 4 is 29.3 Å². The van der Waals surface area contributed by atoms with Crippen molar-refractivity contribution in [3.63, 3.8) is 0 Å². The number of rotatable bonds is 6. The van der Waals surface area contributed by atoms with Gasteiger partial charge in [0.25, 0.3) is 5.91 Å². The fourth-order valence-corrected chi connectivity index (χ4v) is 7.46. The first-order valence-corrected chi connectivity index (χ1v) is 14.9. The molecule has 3 aromatic rings. The number of hydrogen-bond acceptors (Lipinski definition) is 7. The van der Waals surface area contributed by atoms with Crippen molar-refractivity contribution in [2.45, 2.75) is 62.9 Å². The monoisotopic (exact) mass is 531 g/mol. The Morgan fingerprint density at radius 2 is 1.97 bits per heavy atom. The summed E-state index contributed by atoms with van der Waals surface area (Å²) in [5, 5.41) is 4.66. The molecule has 1 amide bonds. The van der Waals surface area contributed by atoms with E-state index in [0.717, 1.165) is 60.9 Å². The molecule has 38 heavy (non-hydrogen) atoms.